The number of anilines is 1. The average Bonchev–Trinajstić information content (AvgIpc) is 3.15. The zero-order chi connectivity index (χ0) is 25.1. The lowest BCUT2D eigenvalue weighted by Gasteiger charge is -2.24. The molecule has 1 aliphatic heterocycles. The first-order valence-electron chi connectivity index (χ1n) is 10.3. The predicted octanol–water partition coefficient (Wildman–Crippen LogP) is 3.56. The van der Waals surface area contributed by atoms with E-state index in [9.17, 15) is 31.2 Å². The minimum absolute atomic E-state index is 0.0791. The van der Waals surface area contributed by atoms with Crippen molar-refractivity contribution in [3.63, 3.8) is 0 Å². The molecule has 2 aromatic carbocycles. The van der Waals surface area contributed by atoms with E-state index in [2.05, 4.69) is 5.32 Å². The van der Waals surface area contributed by atoms with E-state index in [0.29, 0.717) is 23.3 Å². The third kappa shape index (κ3) is 6.63. The summed E-state index contributed by atoms with van der Waals surface area (Å²) in [6, 6.07) is 9.47. The maximum absolute atomic E-state index is 13.1. The molecule has 0 radical (unpaired) electrons. The number of alkyl halides is 3. The number of carbonyl (C=O) groups excluding carboxylic acids is 2. The molecule has 1 fully saturated rings. The lowest BCUT2D eigenvalue weighted by atomic mass is 10.1. The first kappa shape index (κ1) is 25.8. The molecule has 0 spiro atoms. The number of halogens is 4. The topological polar surface area (TPSA) is 86.8 Å². The number of hydrogen-bond donors (Lipinski definition) is 1. The van der Waals surface area contributed by atoms with Crippen LogP contribution in [0.4, 0.5) is 18.9 Å². The molecule has 1 aliphatic rings. The molecular weight excluding hydrogens is 495 g/mol. The van der Waals surface area contributed by atoms with E-state index in [1.54, 1.807) is 17.0 Å². The molecule has 0 aliphatic carbocycles. The quantitative estimate of drug-likeness (QED) is 0.580. The van der Waals surface area contributed by atoms with Gasteiger partial charge in [0, 0.05) is 26.1 Å². The zero-order valence-electron chi connectivity index (χ0n) is 18.2. The first-order chi connectivity index (χ1) is 15.8. The summed E-state index contributed by atoms with van der Waals surface area (Å²) in [6.07, 6.45) is -2.53. The fraction of sp³-hybridized carbons (Fsp3) is 0.364. The largest absolute Gasteiger partial charge is 0.416 e. The highest BCUT2D eigenvalue weighted by atomic mass is 35.5. The van der Waals surface area contributed by atoms with E-state index in [1.807, 2.05) is 12.1 Å². The van der Waals surface area contributed by atoms with Gasteiger partial charge in [-0.2, -0.15) is 13.2 Å². The van der Waals surface area contributed by atoms with Gasteiger partial charge in [-0.25, -0.2) is 8.42 Å². The highest BCUT2D eigenvalue weighted by molar-refractivity contribution is 7.92. The van der Waals surface area contributed by atoms with E-state index in [0.717, 1.165) is 42.5 Å². The van der Waals surface area contributed by atoms with Crippen molar-refractivity contribution in [2.75, 3.05) is 23.7 Å². The average molecular weight is 518 g/mol. The van der Waals surface area contributed by atoms with Gasteiger partial charge in [0.1, 0.15) is 6.54 Å². The van der Waals surface area contributed by atoms with Gasteiger partial charge in [-0.15, -0.1) is 0 Å². The van der Waals surface area contributed by atoms with Gasteiger partial charge in [-0.05, 0) is 35.7 Å². The van der Waals surface area contributed by atoms with Crippen molar-refractivity contribution in [3.05, 3.63) is 64.2 Å². The predicted molar refractivity (Wildman–Crippen MR) is 122 cm³/mol. The Labute approximate surface area is 200 Å². The van der Waals surface area contributed by atoms with Gasteiger partial charge in [0.2, 0.25) is 21.8 Å². The molecular formula is C22H23ClF3N3O4S. The van der Waals surface area contributed by atoms with Gasteiger partial charge >= 0.3 is 6.18 Å². The fourth-order valence-corrected chi connectivity index (χ4v) is 4.63. The van der Waals surface area contributed by atoms with Crippen LogP contribution in [0.1, 0.15) is 29.5 Å². The fourth-order valence-electron chi connectivity index (χ4n) is 3.50. The summed E-state index contributed by atoms with van der Waals surface area (Å²) in [4.78, 5) is 26.0. The summed E-state index contributed by atoms with van der Waals surface area (Å²) < 4.78 is 64.3. The Morgan fingerprint density at radius 1 is 1.15 bits per heavy atom. The summed E-state index contributed by atoms with van der Waals surface area (Å²) in [5.41, 5.74) is 0.146. The highest BCUT2D eigenvalue weighted by Crippen LogP contribution is 2.36. The van der Waals surface area contributed by atoms with Crippen LogP contribution in [0.2, 0.25) is 5.02 Å². The Kier molecular flexibility index (Phi) is 7.77. The molecule has 1 N–H and O–H groups in total. The lowest BCUT2D eigenvalue weighted by Crippen LogP contribution is -2.40. The first-order valence-corrected chi connectivity index (χ1v) is 12.5. The van der Waals surface area contributed by atoms with Crippen molar-refractivity contribution in [3.8, 4) is 0 Å². The van der Waals surface area contributed by atoms with Crippen LogP contribution >= 0.6 is 11.6 Å². The highest BCUT2D eigenvalue weighted by Gasteiger charge is 2.33. The van der Waals surface area contributed by atoms with Gasteiger partial charge in [0.15, 0.2) is 0 Å². The van der Waals surface area contributed by atoms with E-state index >= 15 is 0 Å². The Balaban J connectivity index is 1.65. The zero-order valence-corrected chi connectivity index (χ0v) is 19.8. The maximum Gasteiger partial charge on any atom is 0.416 e. The molecule has 0 aromatic heterocycles. The van der Waals surface area contributed by atoms with E-state index in [4.69, 9.17) is 11.6 Å². The van der Waals surface area contributed by atoms with E-state index in [1.165, 1.54) is 0 Å². The number of nitrogens with one attached hydrogen (secondary N) is 1. The van der Waals surface area contributed by atoms with Gasteiger partial charge in [0.05, 0.1) is 22.5 Å². The molecule has 0 saturated carbocycles. The molecule has 7 nitrogen and oxygen atoms in total. The number of hydrogen-bond acceptors (Lipinski definition) is 4. The number of sulfonamides is 1. The number of amides is 2. The monoisotopic (exact) mass is 517 g/mol. The van der Waals surface area contributed by atoms with Crippen molar-refractivity contribution in [2.45, 2.75) is 32.1 Å². The Morgan fingerprint density at radius 3 is 2.35 bits per heavy atom. The van der Waals surface area contributed by atoms with Crippen LogP contribution in [-0.2, 0) is 38.9 Å². The Morgan fingerprint density at radius 2 is 1.79 bits per heavy atom. The maximum atomic E-state index is 13.1. The molecule has 0 atom stereocenters. The second-order valence-corrected chi connectivity index (χ2v) is 10.3. The molecule has 0 unspecified atom stereocenters. The minimum Gasteiger partial charge on any atom is -0.350 e. The standard InChI is InChI=1S/C22H23ClF3N3O4S/c1-34(32,33)29(19-11-17(22(24,25)26)8-9-18(19)23)14-20(30)27-12-15-4-6-16(7-5-15)13-28-10-2-3-21(28)31/h4-9,11H,2-3,10,12-14H2,1H3,(H,27,30). The number of rotatable bonds is 8. The number of likely N-dealkylation sites (tertiary alicyclic amines) is 1. The SMILES string of the molecule is CS(=O)(=O)N(CC(=O)NCc1ccc(CN2CCCC2=O)cc1)c1cc(C(F)(F)F)ccc1Cl. The van der Waals surface area contributed by atoms with E-state index < -0.39 is 39.9 Å². The normalized spacial score (nSPS) is 14.4. The molecule has 2 aromatic rings. The number of nitrogens with zero attached hydrogens (tertiary/aromatic N) is 2. The van der Waals surface area contributed by atoms with Crippen LogP contribution in [0.5, 0.6) is 0 Å². The second kappa shape index (κ2) is 10.2. The second-order valence-electron chi connectivity index (χ2n) is 7.95. The van der Waals surface area contributed by atoms with Crippen molar-refractivity contribution < 1.29 is 31.2 Å². The molecule has 0 bridgehead atoms. The van der Waals surface area contributed by atoms with Crippen LogP contribution in [-0.4, -0.2) is 44.5 Å². The molecule has 34 heavy (non-hydrogen) atoms. The summed E-state index contributed by atoms with van der Waals surface area (Å²) >= 11 is 5.96. The Hall–Kier alpha value is -2.79. The molecule has 1 saturated heterocycles. The van der Waals surface area contributed by atoms with Gasteiger partial charge in [-0.1, -0.05) is 35.9 Å². The van der Waals surface area contributed by atoms with Crippen LogP contribution in [0, 0.1) is 0 Å². The summed E-state index contributed by atoms with van der Waals surface area (Å²) in [5, 5.41) is 2.32. The number of benzene rings is 2. The Bertz CT molecular complexity index is 1170. The lowest BCUT2D eigenvalue weighted by molar-refractivity contribution is -0.137. The van der Waals surface area contributed by atoms with Crippen LogP contribution in [0.15, 0.2) is 42.5 Å². The summed E-state index contributed by atoms with van der Waals surface area (Å²) in [5.74, 6) is -0.599. The van der Waals surface area contributed by atoms with Gasteiger partial charge < -0.3 is 10.2 Å². The number of carbonyl (C=O) groups is 2. The van der Waals surface area contributed by atoms with Gasteiger partial charge in [0.25, 0.3) is 0 Å². The van der Waals surface area contributed by atoms with Gasteiger partial charge in [-0.3, -0.25) is 13.9 Å². The van der Waals surface area contributed by atoms with Crippen molar-refractivity contribution in [1.82, 2.24) is 10.2 Å². The van der Waals surface area contributed by atoms with Crippen LogP contribution in [0.25, 0.3) is 0 Å². The molecule has 184 valence electrons. The smallest absolute Gasteiger partial charge is 0.350 e. The molecule has 1 heterocycles. The summed E-state index contributed by atoms with van der Waals surface area (Å²) in [6.45, 7) is 0.570. The van der Waals surface area contributed by atoms with Crippen molar-refractivity contribution in [2.24, 2.45) is 0 Å². The summed E-state index contributed by atoms with van der Waals surface area (Å²) in [7, 11) is -4.11. The molecule has 3 rings (SSSR count). The third-order valence-electron chi connectivity index (χ3n) is 5.29. The van der Waals surface area contributed by atoms with Crippen molar-refractivity contribution in [1.29, 1.82) is 0 Å². The third-order valence-corrected chi connectivity index (χ3v) is 6.73. The van der Waals surface area contributed by atoms with E-state index in [-0.39, 0.29) is 17.5 Å². The molecule has 12 heteroatoms. The molecule has 2 amide bonds. The van der Waals surface area contributed by atoms with Crippen LogP contribution in [0.3, 0.4) is 0 Å². The minimum atomic E-state index is -4.71. The van der Waals surface area contributed by atoms with Crippen molar-refractivity contribution >= 4 is 39.1 Å². The van der Waals surface area contributed by atoms with Crippen LogP contribution < -0.4 is 9.62 Å².